The van der Waals surface area contributed by atoms with Crippen LogP contribution in [0, 0.1) is 0 Å². The van der Waals surface area contributed by atoms with Gasteiger partial charge >= 0.3 is 0 Å². The predicted molar refractivity (Wildman–Crippen MR) is 118 cm³/mol. The quantitative estimate of drug-likeness (QED) is 0.390. The summed E-state index contributed by atoms with van der Waals surface area (Å²) in [5.41, 5.74) is 4.89. The average Bonchev–Trinajstić information content (AvgIpc) is 3.31. The zero-order chi connectivity index (χ0) is 20.9. The molecular weight excluding hydrogens is 380 g/mol. The first-order valence-corrected chi connectivity index (χ1v) is 9.31. The van der Waals surface area contributed by atoms with Gasteiger partial charge in [0.25, 0.3) is 5.56 Å². The van der Waals surface area contributed by atoms with Crippen molar-refractivity contribution in [2.24, 2.45) is 12.1 Å². The van der Waals surface area contributed by atoms with Gasteiger partial charge in [-0.2, -0.15) is 5.10 Å². The number of ether oxygens (including phenoxy) is 1. The second-order valence-electron chi connectivity index (χ2n) is 6.50. The number of fused-ring (bicyclic) bond motifs is 1. The lowest BCUT2D eigenvalue weighted by Gasteiger charge is -2.09. The van der Waals surface area contributed by atoms with Crippen LogP contribution >= 0.6 is 0 Å². The summed E-state index contributed by atoms with van der Waals surface area (Å²) < 4.78 is 12.0. The van der Waals surface area contributed by atoms with Crippen molar-refractivity contribution in [1.82, 2.24) is 9.55 Å². The third-order valence-electron chi connectivity index (χ3n) is 4.59. The monoisotopic (exact) mass is 400 g/mol. The second kappa shape index (κ2) is 8.48. The molecule has 0 radical (unpaired) electrons. The van der Waals surface area contributed by atoms with Gasteiger partial charge in [-0.3, -0.25) is 9.36 Å². The van der Waals surface area contributed by atoms with Gasteiger partial charge in [0.1, 0.15) is 11.5 Å². The maximum absolute atomic E-state index is 12.6. The summed E-state index contributed by atoms with van der Waals surface area (Å²) in [6.45, 7) is 0. The number of hydrogen-bond acceptors (Lipinski definition) is 6. The van der Waals surface area contributed by atoms with Crippen molar-refractivity contribution in [3.05, 3.63) is 94.7 Å². The van der Waals surface area contributed by atoms with Crippen LogP contribution in [0.1, 0.15) is 11.3 Å². The Kier molecular flexibility index (Phi) is 5.43. The fourth-order valence-corrected chi connectivity index (χ4v) is 2.94. The van der Waals surface area contributed by atoms with Gasteiger partial charge in [0.2, 0.25) is 5.95 Å². The van der Waals surface area contributed by atoms with E-state index in [1.54, 1.807) is 32.6 Å². The Morgan fingerprint density at radius 2 is 1.93 bits per heavy atom. The van der Waals surface area contributed by atoms with E-state index < -0.39 is 0 Å². The first-order chi connectivity index (χ1) is 14.7. The number of para-hydroxylation sites is 1. The maximum atomic E-state index is 12.6. The van der Waals surface area contributed by atoms with Gasteiger partial charge in [0.15, 0.2) is 0 Å². The van der Waals surface area contributed by atoms with Gasteiger partial charge in [0.05, 0.1) is 30.0 Å². The van der Waals surface area contributed by atoms with E-state index in [-0.39, 0.29) is 5.56 Å². The first-order valence-electron chi connectivity index (χ1n) is 9.31. The molecular formula is C23H20N4O3. The minimum absolute atomic E-state index is 0.143. The van der Waals surface area contributed by atoms with E-state index in [4.69, 9.17) is 9.15 Å². The SMILES string of the molecule is COc1ccc(C(/C=C/c2ccco2)=N\Nc2nc3ccccc3c(=O)n2C)cc1. The molecule has 0 fully saturated rings. The van der Waals surface area contributed by atoms with E-state index in [2.05, 4.69) is 15.5 Å². The van der Waals surface area contributed by atoms with E-state index in [9.17, 15) is 4.79 Å². The fraction of sp³-hybridized carbons (Fsp3) is 0.0870. The second-order valence-corrected chi connectivity index (χ2v) is 6.50. The van der Waals surface area contributed by atoms with Gasteiger partial charge in [-0.1, -0.05) is 12.1 Å². The van der Waals surface area contributed by atoms with Crippen molar-refractivity contribution in [3.63, 3.8) is 0 Å². The molecule has 2 aromatic heterocycles. The number of aromatic nitrogens is 2. The molecule has 0 saturated heterocycles. The van der Waals surface area contributed by atoms with Crippen molar-refractivity contribution in [1.29, 1.82) is 0 Å². The molecule has 150 valence electrons. The van der Waals surface area contributed by atoms with E-state index in [0.717, 1.165) is 11.3 Å². The van der Waals surface area contributed by atoms with Crippen LogP contribution < -0.4 is 15.7 Å². The van der Waals surface area contributed by atoms with E-state index >= 15 is 0 Å². The molecule has 30 heavy (non-hydrogen) atoms. The predicted octanol–water partition coefficient (Wildman–Crippen LogP) is 4.06. The summed E-state index contributed by atoms with van der Waals surface area (Å²) in [5.74, 6) is 1.79. The third-order valence-corrected chi connectivity index (χ3v) is 4.59. The van der Waals surface area contributed by atoms with Crippen molar-refractivity contribution >= 4 is 28.6 Å². The summed E-state index contributed by atoms with van der Waals surface area (Å²) in [6.07, 6.45) is 5.25. The largest absolute Gasteiger partial charge is 0.497 e. The number of hydrazone groups is 1. The highest BCUT2D eigenvalue weighted by Crippen LogP contribution is 2.15. The highest BCUT2D eigenvalue weighted by molar-refractivity contribution is 6.11. The number of rotatable bonds is 6. The number of allylic oxidation sites excluding steroid dienone is 1. The van der Waals surface area contributed by atoms with Gasteiger partial charge < -0.3 is 9.15 Å². The molecule has 4 aromatic rings. The first kappa shape index (κ1) is 19.2. The lowest BCUT2D eigenvalue weighted by atomic mass is 10.1. The summed E-state index contributed by atoms with van der Waals surface area (Å²) in [5, 5.41) is 5.06. The molecule has 0 atom stereocenters. The Bertz CT molecular complexity index is 1270. The Balaban J connectivity index is 1.72. The maximum Gasteiger partial charge on any atom is 0.262 e. The Morgan fingerprint density at radius 3 is 2.67 bits per heavy atom. The average molecular weight is 400 g/mol. The van der Waals surface area contributed by atoms with Crippen LogP contribution in [0.4, 0.5) is 5.95 Å². The Morgan fingerprint density at radius 1 is 1.13 bits per heavy atom. The molecule has 4 rings (SSSR count). The molecule has 0 aliphatic rings. The number of hydrogen-bond donors (Lipinski definition) is 1. The van der Waals surface area contributed by atoms with Gasteiger partial charge in [-0.05, 0) is 60.7 Å². The summed E-state index contributed by atoms with van der Waals surface area (Å²) in [6, 6.07) is 18.4. The lowest BCUT2D eigenvalue weighted by Crippen LogP contribution is -2.21. The number of nitrogens with one attached hydrogen (secondary N) is 1. The highest BCUT2D eigenvalue weighted by atomic mass is 16.5. The number of methoxy groups -OCH3 is 1. The zero-order valence-electron chi connectivity index (χ0n) is 16.6. The van der Waals surface area contributed by atoms with E-state index in [1.807, 2.05) is 60.7 Å². The van der Waals surface area contributed by atoms with Crippen molar-refractivity contribution in [3.8, 4) is 5.75 Å². The van der Waals surface area contributed by atoms with Crippen LogP contribution in [0.3, 0.4) is 0 Å². The molecule has 7 heteroatoms. The van der Waals surface area contributed by atoms with Crippen LogP contribution in [0.25, 0.3) is 17.0 Å². The molecule has 7 nitrogen and oxygen atoms in total. The normalized spacial score (nSPS) is 11.9. The highest BCUT2D eigenvalue weighted by Gasteiger charge is 2.08. The number of anilines is 1. The smallest absolute Gasteiger partial charge is 0.262 e. The standard InChI is InChI=1S/C23H20N4O3/c1-27-22(28)19-7-3-4-8-21(19)24-23(27)26-25-20(14-13-18-6-5-15-30-18)16-9-11-17(29-2)12-10-16/h3-15H,1-2H3,(H,24,26)/b14-13+,25-20-. The molecule has 0 saturated carbocycles. The van der Waals surface area contributed by atoms with Gasteiger partial charge in [-0.25, -0.2) is 10.4 Å². The van der Waals surface area contributed by atoms with E-state index in [0.29, 0.717) is 28.3 Å². The van der Waals surface area contributed by atoms with Gasteiger partial charge in [-0.15, -0.1) is 0 Å². The number of nitrogens with zero attached hydrogens (tertiary/aromatic N) is 3. The summed E-state index contributed by atoms with van der Waals surface area (Å²) in [7, 11) is 3.28. The van der Waals surface area contributed by atoms with E-state index in [1.165, 1.54) is 4.57 Å². The topological polar surface area (TPSA) is 81.7 Å². The molecule has 0 aliphatic heterocycles. The van der Waals surface area contributed by atoms with Crippen molar-refractivity contribution in [2.75, 3.05) is 12.5 Å². The minimum Gasteiger partial charge on any atom is -0.497 e. The molecule has 0 unspecified atom stereocenters. The Labute approximate surface area is 172 Å². The fourth-order valence-electron chi connectivity index (χ4n) is 2.94. The molecule has 0 spiro atoms. The van der Waals surface area contributed by atoms with Crippen LogP contribution in [-0.4, -0.2) is 22.4 Å². The van der Waals surface area contributed by atoms with Crippen LogP contribution in [0.5, 0.6) is 5.75 Å². The molecule has 0 amide bonds. The number of benzene rings is 2. The van der Waals surface area contributed by atoms with Crippen LogP contribution in [0.15, 0.2) is 87.3 Å². The van der Waals surface area contributed by atoms with Crippen LogP contribution in [0.2, 0.25) is 0 Å². The molecule has 2 heterocycles. The van der Waals surface area contributed by atoms with Crippen LogP contribution in [-0.2, 0) is 7.05 Å². The van der Waals surface area contributed by atoms with Gasteiger partial charge in [0, 0.05) is 12.6 Å². The van der Waals surface area contributed by atoms with Crippen molar-refractivity contribution in [2.45, 2.75) is 0 Å². The third kappa shape index (κ3) is 4.00. The lowest BCUT2D eigenvalue weighted by molar-refractivity contribution is 0.415. The molecule has 0 aliphatic carbocycles. The molecule has 1 N–H and O–H groups in total. The summed E-state index contributed by atoms with van der Waals surface area (Å²) >= 11 is 0. The molecule has 0 bridgehead atoms. The summed E-state index contributed by atoms with van der Waals surface area (Å²) in [4.78, 5) is 17.1. The number of furan rings is 1. The molecule has 2 aromatic carbocycles. The van der Waals surface area contributed by atoms with Crippen molar-refractivity contribution < 1.29 is 9.15 Å². The zero-order valence-corrected chi connectivity index (χ0v) is 16.6. The minimum atomic E-state index is -0.143. The Hall–Kier alpha value is -4.13.